The highest BCUT2D eigenvalue weighted by Gasteiger charge is 2.44. The molecule has 16 heavy (non-hydrogen) atoms. The van der Waals surface area contributed by atoms with Gasteiger partial charge in [-0.15, -0.1) is 12.4 Å². The van der Waals surface area contributed by atoms with E-state index in [1.54, 1.807) is 6.20 Å². The normalized spacial score (nSPS) is 36.8. The minimum absolute atomic E-state index is 0. The van der Waals surface area contributed by atoms with Gasteiger partial charge in [-0.3, -0.25) is 0 Å². The summed E-state index contributed by atoms with van der Waals surface area (Å²) in [6, 6.07) is 4.62. The van der Waals surface area contributed by atoms with Gasteiger partial charge in [0.15, 0.2) is 0 Å². The molecule has 2 bridgehead atoms. The zero-order chi connectivity index (χ0) is 10.3. The summed E-state index contributed by atoms with van der Waals surface area (Å²) in [5.41, 5.74) is -0.0332. The molecule has 0 aliphatic carbocycles. The lowest BCUT2D eigenvalue weighted by molar-refractivity contribution is -0.0160. The molecule has 0 saturated carbocycles. The van der Waals surface area contributed by atoms with Gasteiger partial charge in [-0.05, 0) is 37.8 Å². The fourth-order valence-corrected chi connectivity index (χ4v) is 2.88. The Labute approximate surface area is 101 Å². The first-order valence-electron chi connectivity index (χ1n) is 5.53. The van der Waals surface area contributed by atoms with Gasteiger partial charge in [0, 0.05) is 18.3 Å². The van der Waals surface area contributed by atoms with E-state index in [4.69, 9.17) is 0 Å². The van der Waals surface area contributed by atoms with Crippen molar-refractivity contribution < 1.29 is 5.11 Å². The van der Waals surface area contributed by atoms with E-state index in [1.165, 1.54) is 12.8 Å². The summed E-state index contributed by atoms with van der Waals surface area (Å²) < 4.78 is 0. The van der Waals surface area contributed by atoms with Crippen LogP contribution in [0.3, 0.4) is 0 Å². The van der Waals surface area contributed by atoms with E-state index in [2.05, 4.69) is 15.5 Å². The van der Waals surface area contributed by atoms with Crippen LogP contribution in [0, 0.1) is 0 Å². The first-order valence-corrected chi connectivity index (χ1v) is 5.53. The molecule has 2 N–H and O–H groups in total. The Morgan fingerprint density at radius 2 is 2.00 bits per heavy atom. The molecule has 88 valence electrons. The van der Waals surface area contributed by atoms with E-state index in [-0.39, 0.29) is 12.4 Å². The number of fused-ring (bicyclic) bond motifs is 2. The summed E-state index contributed by atoms with van der Waals surface area (Å²) >= 11 is 0. The van der Waals surface area contributed by atoms with Gasteiger partial charge in [0.1, 0.15) is 5.60 Å². The number of hydrogen-bond donors (Lipinski definition) is 2. The molecule has 2 unspecified atom stereocenters. The number of aliphatic hydroxyl groups is 1. The summed E-state index contributed by atoms with van der Waals surface area (Å²) in [7, 11) is 0. The number of halogens is 1. The van der Waals surface area contributed by atoms with Gasteiger partial charge < -0.3 is 10.4 Å². The second-order valence-electron chi connectivity index (χ2n) is 4.69. The van der Waals surface area contributed by atoms with Crippen molar-refractivity contribution >= 4 is 12.4 Å². The second-order valence-corrected chi connectivity index (χ2v) is 4.69. The fraction of sp³-hybridized carbons (Fsp3) is 0.636. The van der Waals surface area contributed by atoms with Crippen LogP contribution in [0.5, 0.6) is 0 Å². The highest BCUT2D eigenvalue weighted by atomic mass is 35.5. The molecule has 0 aromatic carbocycles. The third-order valence-corrected chi connectivity index (χ3v) is 3.55. The molecule has 5 heteroatoms. The fourth-order valence-electron chi connectivity index (χ4n) is 2.88. The lowest BCUT2D eigenvalue weighted by Gasteiger charge is -2.36. The van der Waals surface area contributed by atoms with Crippen molar-refractivity contribution in [2.45, 2.75) is 43.4 Å². The molecule has 3 rings (SSSR count). The Morgan fingerprint density at radius 1 is 1.31 bits per heavy atom. The molecular weight excluding hydrogens is 226 g/mol. The molecule has 1 aromatic rings. The van der Waals surface area contributed by atoms with Crippen molar-refractivity contribution in [3.05, 3.63) is 24.0 Å². The molecule has 3 heterocycles. The number of hydrogen-bond acceptors (Lipinski definition) is 4. The smallest absolute Gasteiger partial charge is 0.111 e. The molecular formula is C11H16ClN3O. The van der Waals surface area contributed by atoms with Crippen LogP contribution in [0.1, 0.15) is 31.4 Å². The minimum Gasteiger partial charge on any atom is -0.383 e. The lowest BCUT2D eigenvalue weighted by atomic mass is 9.84. The topological polar surface area (TPSA) is 58.0 Å². The first-order chi connectivity index (χ1) is 7.26. The van der Waals surface area contributed by atoms with Crippen LogP contribution in [0.15, 0.2) is 18.3 Å². The number of nitrogens with zero attached hydrogens (tertiary/aromatic N) is 2. The van der Waals surface area contributed by atoms with Crippen LogP contribution in [0.4, 0.5) is 0 Å². The molecule has 0 amide bonds. The molecule has 4 nitrogen and oxygen atoms in total. The maximum Gasteiger partial charge on any atom is 0.111 e. The van der Waals surface area contributed by atoms with E-state index in [9.17, 15) is 5.11 Å². The molecule has 2 aliphatic rings. The Hall–Kier alpha value is -0.710. The molecule has 0 spiro atoms. The Kier molecular flexibility index (Phi) is 3.15. The van der Waals surface area contributed by atoms with Crippen molar-refractivity contribution in [2.75, 3.05) is 0 Å². The second kappa shape index (κ2) is 4.28. The maximum absolute atomic E-state index is 10.6. The number of piperidine rings is 1. The zero-order valence-corrected chi connectivity index (χ0v) is 9.78. The van der Waals surface area contributed by atoms with Crippen LogP contribution < -0.4 is 5.32 Å². The molecule has 1 aromatic heterocycles. The van der Waals surface area contributed by atoms with E-state index in [0.717, 1.165) is 18.5 Å². The first kappa shape index (κ1) is 11.8. The predicted octanol–water partition coefficient (Wildman–Crippen LogP) is 1.00. The predicted molar refractivity (Wildman–Crippen MR) is 62.4 cm³/mol. The van der Waals surface area contributed by atoms with Crippen molar-refractivity contribution in [2.24, 2.45) is 0 Å². The summed E-state index contributed by atoms with van der Waals surface area (Å²) in [6.45, 7) is 0. The monoisotopic (exact) mass is 241 g/mol. The quantitative estimate of drug-likeness (QED) is 0.770. The average molecular weight is 242 g/mol. The number of rotatable bonds is 1. The standard InChI is InChI=1S/C11H15N3O.ClH/c15-11(10-2-1-5-12-14-10)6-8-3-4-9(7-11)13-8;/h1-2,5,8-9,13,15H,3-4,6-7H2;1H. The van der Waals surface area contributed by atoms with Gasteiger partial charge in [0.05, 0.1) is 5.69 Å². The molecule has 2 aliphatic heterocycles. The largest absolute Gasteiger partial charge is 0.383 e. The Balaban J connectivity index is 0.000000963. The van der Waals surface area contributed by atoms with Crippen LogP contribution in [-0.4, -0.2) is 27.4 Å². The van der Waals surface area contributed by atoms with Gasteiger partial charge in [-0.1, -0.05) is 0 Å². The maximum atomic E-state index is 10.6. The molecule has 2 fully saturated rings. The minimum atomic E-state index is -0.759. The van der Waals surface area contributed by atoms with Crippen LogP contribution in [0.25, 0.3) is 0 Å². The van der Waals surface area contributed by atoms with E-state index in [1.807, 2.05) is 12.1 Å². The van der Waals surface area contributed by atoms with Gasteiger partial charge >= 0.3 is 0 Å². The van der Waals surface area contributed by atoms with Crippen molar-refractivity contribution in [3.8, 4) is 0 Å². The third-order valence-electron chi connectivity index (χ3n) is 3.55. The van der Waals surface area contributed by atoms with Crippen molar-refractivity contribution in [1.29, 1.82) is 0 Å². The van der Waals surface area contributed by atoms with E-state index >= 15 is 0 Å². The van der Waals surface area contributed by atoms with E-state index < -0.39 is 5.60 Å². The summed E-state index contributed by atoms with van der Waals surface area (Å²) in [4.78, 5) is 0. The summed E-state index contributed by atoms with van der Waals surface area (Å²) in [6.07, 6.45) is 5.52. The van der Waals surface area contributed by atoms with Gasteiger partial charge in [-0.2, -0.15) is 10.2 Å². The van der Waals surface area contributed by atoms with Crippen LogP contribution in [0.2, 0.25) is 0 Å². The van der Waals surface area contributed by atoms with Gasteiger partial charge in [-0.25, -0.2) is 0 Å². The summed E-state index contributed by atoms with van der Waals surface area (Å²) in [5.74, 6) is 0. The number of aromatic nitrogens is 2. The molecule has 2 atom stereocenters. The Bertz CT molecular complexity index is 348. The zero-order valence-electron chi connectivity index (χ0n) is 8.97. The summed E-state index contributed by atoms with van der Waals surface area (Å²) in [5, 5.41) is 22.0. The van der Waals surface area contributed by atoms with Crippen LogP contribution in [-0.2, 0) is 5.60 Å². The highest BCUT2D eigenvalue weighted by Crippen LogP contribution is 2.39. The van der Waals surface area contributed by atoms with Crippen molar-refractivity contribution in [1.82, 2.24) is 15.5 Å². The average Bonchev–Trinajstić information content (AvgIpc) is 2.60. The number of nitrogens with one attached hydrogen (secondary N) is 1. The van der Waals surface area contributed by atoms with Gasteiger partial charge in [0.25, 0.3) is 0 Å². The van der Waals surface area contributed by atoms with E-state index in [0.29, 0.717) is 12.1 Å². The Morgan fingerprint density at radius 3 is 2.56 bits per heavy atom. The molecule has 0 radical (unpaired) electrons. The van der Waals surface area contributed by atoms with Crippen molar-refractivity contribution in [3.63, 3.8) is 0 Å². The van der Waals surface area contributed by atoms with Crippen LogP contribution >= 0.6 is 12.4 Å². The highest BCUT2D eigenvalue weighted by molar-refractivity contribution is 5.85. The third kappa shape index (κ3) is 1.93. The SMILES string of the molecule is Cl.OC1(c2cccnn2)CC2CCC(C1)N2. The lowest BCUT2D eigenvalue weighted by Crippen LogP contribution is -2.47. The van der Waals surface area contributed by atoms with Gasteiger partial charge in [0.2, 0.25) is 0 Å². The molecule has 2 saturated heterocycles.